The molecular formula is C16H16FN3O3. The summed E-state index contributed by atoms with van der Waals surface area (Å²) >= 11 is 0. The van der Waals surface area contributed by atoms with Crippen LogP contribution in [0.15, 0.2) is 41.2 Å². The van der Waals surface area contributed by atoms with Crippen LogP contribution in [0.2, 0.25) is 0 Å². The van der Waals surface area contributed by atoms with Gasteiger partial charge in [0.1, 0.15) is 5.82 Å². The van der Waals surface area contributed by atoms with E-state index in [1.54, 1.807) is 0 Å². The molecule has 0 radical (unpaired) electrons. The molecule has 1 aromatic heterocycles. The Hall–Kier alpha value is -2.83. The monoisotopic (exact) mass is 317 g/mol. The average Bonchev–Trinajstić information content (AvgIpc) is 2.49. The van der Waals surface area contributed by atoms with E-state index in [1.165, 1.54) is 62.3 Å². The number of amides is 1. The topological polar surface area (TPSA) is 72.3 Å². The van der Waals surface area contributed by atoms with Crippen molar-refractivity contribution in [1.29, 1.82) is 0 Å². The molecule has 1 atom stereocenters. The van der Waals surface area contributed by atoms with E-state index in [4.69, 9.17) is 0 Å². The van der Waals surface area contributed by atoms with Crippen molar-refractivity contribution in [3.05, 3.63) is 52.6 Å². The van der Waals surface area contributed by atoms with Gasteiger partial charge in [-0.3, -0.25) is 14.4 Å². The molecule has 120 valence electrons. The zero-order valence-electron chi connectivity index (χ0n) is 13.0. The van der Waals surface area contributed by atoms with E-state index < -0.39 is 29.1 Å². The van der Waals surface area contributed by atoms with Gasteiger partial charge in [0, 0.05) is 25.7 Å². The number of nitrogens with zero attached hydrogens (tertiary/aromatic N) is 3. The predicted octanol–water partition coefficient (Wildman–Crippen LogP) is 1.27. The number of hydrogen-bond donors (Lipinski definition) is 0. The number of aromatic nitrogens is 2. The zero-order valence-corrected chi connectivity index (χ0v) is 13.0. The summed E-state index contributed by atoms with van der Waals surface area (Å²) in [5.41, 5.74) is 0.369. The van der Waals surface area contributed by atoms with Crippen LogP contribution >= 0.6 is 0 Å². The minimum Gasteiger partial charge on any atom is -0.347 e. The summed E-state index contributed by atoms with van der Waals surface area (Å²) in [5, 5.41) is 4.11. The maximum Gasteiger partial charge on any atom is 0.267 e. The van der Waals surface area contributed by atoms with Gasteiger partial charge in [-0.05, 0) is 37.3 Å². The van der Waals surface area contributed by atoms with E-state index in [0.717, 1.165) is 4.68 Å². The largest absolute Gasteiger partial charge is 0.347 e. The summed E-state index contributed by atoms with van der Waals surface area (Å²) in [6.07, 6.45) is 0. The van der Waals surface area contributed by atoms with Gasteiger partial charge in [0.2, 0.25) is 0 Å². The molecule has 0 saturated carbocycles. The Morgan fingerprint density at radius 2 is 1.74 bits per heavy atom. The number of carbonyl (C=O) groups excluding carboxylic acids is 2. The standard InChI is InChI=1S/C16H16FN3O3/c1-10(21)15(16(23)19(2)3)20-14(22)9-8-13(18-20)11-4-6-12(17)7-5-11/h4-9,15H,1-3H3/t15-/m1/s1. The van der Waals surface area contributed by atoms with Crippen LogP contribution in [0.5, 0.6) is 0 Å². The van der Waals surface area contributed by atoms with E-state index in [1.807, 2.05) is 0 Å². The first-order chi connectivity index (χ1) is 10.8. The molecule has 1 amide bonds. The van der Waals surface area contributed by atoms with Crippen molar-refractivity contribution in [3.63, 3.8) is 0 Å². The Morgan fingerprint density at radius 1 is 1.13 bits per heavy atom. The Balaban J connectivity index is 2.55. The molecule has 2 aromatic rings. The third-order valence-corrected chi connectivity index (χ3v) is 3.27. The summed E-state index contributed by atoms with van der Waals surface area (Å²) < 4.78 is 13.9. The molecule has 1 aromatic carbocycles. The van der Waals surface area contributed by atoms with Crippen molar-refractivity contribution in [2.45, 2.75) is 13.0 Å². The van der Waals surface area contributed by atoms with Crippen molar-refractivity contribution >= 4 is 11.7 Å². The molecule has 6 nitrogen and oxygen atoms in total. The molecule has 0 unspecified atom stereocenters. The maximum atomic E-state index is 13.0. The van der Waals surface area contributed by atoms with Crippen LogP contribution in [0, 0.1) is 5.82 Å². The summed E-state index contributed by atoms with van der Waals surface area (Å²) in [5.74, 6) is -1.43. The lowest BCUT2D eigenvalue weighted by Crippen LogP contribution is -2.41. The molecule has 0 fully saturated rings. The lowest BCUT2D eigenvalue weighted by atomic mass is 10.1. The van der Waals surface area contributed by atoms with Gasteiger partial charge < -0.3 is 4.90 Å². The molecule has 0 bridgehead atoms. The van der Waals surface area contributed by atoms with Crippen LogP contribution in [-0.4, -0.2) is 40.5 Å². The van der Waals surface area contributed by atoms with Gasteiger partial charge in [-0.25, -0.2) is 9.07 Å². The second-order valence-corrected chi connectivity index (χ2v) is 5.25. The summed E-state index contributed by atoms with van der Waals surface area (Å²) in [4.78, 5) is 37.3. The SMILES string of the molecule is CC(=O)[C@H](C(=O)N(C)C)n1nc(-c2ccc(F)cc2)ccc1=O. The molecule has 0 aliphatic rings. The second-order valence-electron chi connectivity index (χ2n) is 5.25. The lowest BCUT2D eigenvalue weighted by molar-refractivity contribution is -0.138. The minimum atomic E-state index is -1.32. The highest BCUT2D eigenvalue weighted by molar-refractivity contribution is 6.02. The van der Waals surface area contributed by atoms with Crippen LogP contribution in [0.1, 0.15) is 13.0 Å². The molecule has 0 aliphatic heterocycles. The second kappa shape index (κ2) is 6.51. The number of ketones is 1. The van der Waals surface area contributed by atoms with Crippen LogP contribution < -0.4 is 5.56 Å². The third-order valence-electron chi connectivity index (χ3n) is 3.27. The average molecular weight is 317 g/mol. The van der Waals surface area contributed by atoms with Gasteiger partial charge in [0.25, 0.3) is 11.5 Å². The van der Waals surface area contributed by atoms with Gasteiger partial charge >= 0.3 is 0 Å². The van der Waals surface area contributed by atoms with E-state index in [0.29, 0.717) is 11.3 Å². The van der Waals surface area contributed by atoms with Crippen molar-refractivity contribution < 1.29 is 14.0 Å². The smallest absolute Gasteiger partial charge is 0.267 e. The Labute approximate surface area is 132 Å². The first kappa shape index (κ1) is 16.5. The third kappa shape index (κ3) is 3.50. The fourth-order valence-electron chi connectivity index (χ4n) is 2.08. The number of benzene rings is 1. The van der Waals surface area contributed by atoms with E-state index in [9.17, 15) is 18.8 Å². The predicted molar refractivity (Wildman–Crippen MR) is 82.3 cm³/mol. The van der Waals surface area contributed by atoms with Crippen molar-refractivity contribution in [1.82, 2.24) is 14.7 Å². The molecule has 7 heteroatoms. The van der Waals surface area contributed by atoms with E-state index in [2.05, 4.69) is 5.10 Å². The maximum absolute atomic E-state index is 13.0. The van der Waals surface area contributed by atoms with Crippen LogP contribution in [0.3, 0.4) is 0 Å². The first-order valence-electron chi connectivity index (χ1n) is 6.88. The number of rotatable bonds is 4. The van der Waals surface area contributed by atoms with Gasteiger partial charge in [0.05, 0.1) is 5.69 Å². The molecule has 0 N–H and O–H groups in total. The van der Waals surface area contributed by atoms with E-state index in [-0.39, 0.29) is 0 Å². The molecule has 0 saturated heterocycles. The van der Waals surface area contributed by atoms with Gasteiger partial charge in [-0.15, -0.1) is 0 Å². The van der Waals surface area contributed by atoms with Gasteiger partial charge in [-0.2, -0.15) is 5.10 Å². The van der Waals surface area contributed by atoms with Crippen LogP contribution in [0.25, 0.3) is 11.3 Å². The molecule has 0 aliphatic carbocycles. The van der Waals surface area contributed by atoms with Crippen LogP contribution in [-0.2, 0) is 9.59 Å². The van der Waals surface area contributed by atoms with Crippen LogP contribution in [0.4, 0.5) is 4.39 Å². The Morgan fingerprint density at radius 3 is 2.26 bits per heavy atom. The van der Waals surface area contributed by atoms with E-state index >= 15 is 0 Å². The molecule has 0 spiro atoms. The number of hydrogen-bond acceptors (Lipinski definition) is 4. The first-order valence-corrected chi connectivity index (χ1v) is 6.88. The summed E-state index contributed by atoms with van der Waals surface area (Å²) in [6.45, 7) is 1.23. The molecular weight excluding hydrogens is 301 g/mol. The Bertz CT molecular complexity index is 797. The zero-order chi connectivity index (χ0) is 17.1. The quantitative estimate of drug-likeness (QED) is 0.796. The lowest BCUT2D eigenvalue weighted by Gasteiger charge is -2.19. The van der Waals surface area contributed by atoms with Crippen molar-refractivity contribution in [2.75, 3.05) is 14.1 Å². The normalized spacial score (nSPS) is 11.8. The van der Waals surface area contributed by atoms with Gasteiger partial charge in [0.15, 0.2) is 11.8 Å². The van der Waals surface area contributed by atoms with Crippen molar-refractivity contribution in [2.24, 2.45) is 0 Å². The number of Topliss-reactive ketones (excluding diaryl/α,β-unsaturated/α-hetero) is 1. The van der Waals surface area contributed by atoms with Gasteiger partial charge in [-0.1, -0.05) is 0 Å². The number of likely N-dealkylation sites (N-methyl/N-ethyl adjacent to an activating group) is 1. The highest BCUT2D eigenvalue weighted by Crippen LogP contribution is 2.17. The Kier molecular flexibility index (Phi) is 4.68. The minimum absolute atomic E-state index is 0.363. The fraction of sp³-hybridized carbons (Fsp3) is 0.250. The summed E-state index contributed by atoms with van der Waals surface area (Å²) in [6, 6.07) is 6.90. The molecule has 1 heterocycles. The fourth-order valence-corrected chi connectivity index (χ4v) is 2.08. The molecule has 23 heavy (non-hydrogen) atoms. The van der Waals surface area contributed by atoms with Crippen molar-refractivity contribution in [3.8, 4) is 11.3 Å². The number of halogens is 1. The molecule has 2 rings (SSSR count). The highest BCUT2D eigenvalue weighted by Gasteiger charge is 2.29. The highest BCUT2D eigenvalue weighted by atomic mass is 19.1. The summed E-state index contributed by atoms with van der Waals surface area (Å²) in [7, 11) is 2.99. The number of carbonyl (C=O) groups is 2.